The van der Waals surface area contributed by atoms with Crippen LogP contribution < -0.4 is 4.74 Å². The third-order valence-corrected chi connectivity index (χ3v) is 2.14. The van der Waals surface area contributed by atoms with Crippen molar-refractivity contribution in [3.8, 4) is 22.8 Å². The molecular formula is C12H8F3NO2. The first kappa shape index (κ1) is 12.2. The Morgan fingerprint density at radius 3 is 2.50 bits per heavy atom. The van der Waals surface area contributed by atoms with Gasteiger partial charge < -0.3 is 9.84 Å². The first-order valence-electron chi connectivity index (χ1n) is 4.96. The summed E-state index contributed by atoms with van der Waals surface area (Å²) < 4.78 is 40.0. The van der Waals surface area contributed by atoms with Crippen LogP contribution in [0.4, 0.5) is 13.2 Å². The summed E-state index contributed by atoms with van der Waals surface area (Å²) in [5, 5.41) is 9.61. The fourth-order valence-electron chi connectivity index (χ4n) is 1.44. The van der Waals surface area contributed by atoms with E-state index in [0.717, 1.165) is 18.2 Å². The first-order chi connectivity index (χ1) is 8.46. The van der Waals surface area contributed by atoms with Crippen LogP contribution in [0.3, 0.4) is 0 Å². The summed E-state index contributed by atoms with van der Waals surface area (Å²) in [4.78, 5) is 3.95. The van der Waals surface area contributed by atoms with E-state index in [0.29, 0.717) is 5.69 Å². The number of hydrogen-bond donors (Lipinski definition) is 1. The van der Waals surface area contributed by atoms with Crippen LogP contribution in [0.15, 0.2) is 42.6 Å². The maximum Gasteiger partial charge on any atom is 0.573 e. The lowest BCUT2D eigenvalue weighted by Crippen LogP contribution is -2.17. The number of phenolic OH excluding ortho intramolecular Hbond substituents is 1. The Hall–Kier alpha value is -2.24. The van der Waals surface area contributed by atoms with Crippen LogP contribution in [-0.2, 0) is 0 Å². The summed E-state index contributed by atoms with van der Waals surface area (Å²) in [6.45, 7) is 0. The van der Waals surface area contributed by atoms with Gasteiger partial charge in [0.2, 0.25) is 0 Å². The number of benzene rings is 1. The number of nitrogens with zero attached hydrogens (tertiary/aromatic N) is 1. The molecule has 0 aliphatic heterocycles. The van der Waals surface area contributed by atoms with Crippen molar-refractivity contribution >= 4 is 0 Å². The van der Waals surface area contributed by atoms with Gasteiger partial charge in [-0.2, -0.15) is 0 Å². The van der Waals surface area contributed by atoms with Gasteiger partial charge >= 0.3 is 6.36 Å². The lowest BCUT2D eigenvalue weighted by molar-refractivity contribution is -0.274. The van der Waals surface area contributed by atoms with Gasteiger partial charge in [0, 0.05) is 11.8 Å². The van der Waals surface area contributed by atoms with Crippen molar-refractivity contribution in [2.45, 2.75) is 6.36 Å². The molecule has 0 amide bonds. The average molecular weight is 255 g/mol. The zero-order valence-electron chi connectivity index (χ0n) is 8.98. The van der Waals surface area contributed by atoms with Crippen molar-refractivity contribution in [1.82, 2.24) is 4.98 Å². The molecule has 0 radical (unpaired) electrons. The number of phenols is 1. The molecule has 3 nitrogen and oxygen atoms in total. The van der Waals surface area contributed by atoms with Gasteiger partial charge in [0.25, 0.3) is 0 Å². The summed E-state index contributed by atoms with van der Waals surface area (Å²) in [5.74, 6) is -0.566. The molecule has 0 aliphatic rings. The van der Waals surface area contributed by atoms with Gasteiger partial charge in [-0.3, -0.25) is 4.98 Å². The summed E-state index contributed by atoms with van der Waals surface area (Å²) in [7, 11) is 0. The Balaban J connectivity index is 2.39. The second-order valence-corrected chi connectivity index (χ2v) is 3.44. The molecule has 0 spiro atoms. The third-order valence-electron chi connectivity index (χ3n) is 2.14. The summed E-state index contributed by atoms with van der Waals surface area (Å²) in [6.07, 6.45) is -3.29. The van der Waals surface area contributed by atoms with Crippen LogP contribution >= 0.6 is 0 Å². The minimum Gasteiger partial charge on any atom is -0.507 e. The second kappa shape index (κ2) is 4.56. The minimum atomic E-state index is -4.77. The van der Waals surface area contributed by atoms with Crippen LogP contribution in [0, 0.1) is 0 Å². The zero-order valence-corrected chi connectivity index (χ0v) is 8.98. The van der Waals surface area contributed by atoms with E-state index in [2.05, 4.69) is 9.72 Å². The van der Waals surface area contributed by atoms with Gasteiger partial charge in [-0.15, -0.1) is 13.2 Å². The molecule has 0 fully saturated rings. The highest BCUT2D eigenvalue weighted by Gasteiger charge is 2.31. The number of aromatic nitrogens is 1. The smallest absolute Gasteiger partial charge is 0.507 e. The molecule has 0 saturated carbocycles. The number of halogens is 3. The molecule has 1 aromatic carbocycles. The second-order valence-electron chi connectivity index (χ2n) is 3.44. The van der Waals surface area contributed by atoms with E-state index in [-0.39, 0.29) is 11.3 Å². The third kappa shape index (κ3) is 2.91. The van der Waals surface area contributed by atoms with E-state index >= 15 is 0 Å². The van der Waals surface area contributed by atoms with E-state index < -0.39 is 12.1 Å². The van der Waals surface area contributed by atoms with E-state index in [1.807, 2.05) is 0 Å². The van der Waals surface area contributed by atoms with Gasteiger partial charge in [0.1, 0.15) is 11.5 Å². The van der Waals surface area contributed by atoms with E-state index in [1.165, 1.54) is 6.20 Å². The molecule has 2 aromatic rings. The van der Waals surface area contributed by atoms with E-state index in [9.17, 15) is 18.3 Å². The number of rotatable bonds is 2. The van der Waals surface area contributed by atoms with Crippen molar-refractivity contribution in [3.05, 3.63) is 42.6 Å². The molecule has 0 atom stereocenters. The average Bonchev–Trinajstić information content (AvgIpc) is 2.31. The van der Waals surface area contributed by atoms with Gasteiger partial charge in [0.15, 0.2) is 0 Å². The van der Waals surface area contributed by atoms with Crippen molar-refractivity contribution in [1.29, 1.82) is 0 Å². The van der Waals surface area contributed by atoms with Crippen molar-refractivity contribution in [3.63, 3.8) is 0 Å². The molecule has 1 N–H and O–H groups in total. The van der Waals surface area contributed by atoms with Crippen LogP contribution in [0.2, 0.25) is 0 Å². The van der Waals surface area contributed by atoms with Gasteiger partial charge in [0.05, 0.1) is 5.69 Å². The minimum absolute atomic E-state index is 0.164. The van der Waals surface area contributed by atoms with Crippen LogP contribution in [0.5, 0.6) is 11.5 Å². The molecule has 1 heterocycles. The molecule has 0 aliphatic carbocycles. The predicted octanol–water partition coefficient (Wildman–Crippen LogP) is 3.35. The van der Waals surface area contributed by atoms with Crippen LogP contribution in [0.25, 0.3) is 11.3 Å². The monoisotopic (exact) mass is 255 g/mol. The zero-order chi connectivity index (χ0) is 13.2. The Morgan fingerprint density at radius 2 is 1.89 bits per heavy atom. The molecule has 0 unspecified atom stereocenters. The highest BCUT2D eigenvalue weighted by atomic mass is 19.4. The maximum absolute atomic E-state index is 12.1. The van der Waals surface area contributed by atoms with Crippen molar-refractivity contribution < 1.29 is 23.0 Å². The number of aromatic hydroxyl groups is 1. The number of hydrogen-bond acceptors (Lipinski definition) is 3. The number of alkyl halides is 3. The van der Waals surface area contributed by atoms with Crippen molar-refractivity contribution in [2.75, 3.05) is 0 Å². The molecule has 6 heteroatoms. The molecule has 2 rings (SSSR count). The Morgan fingerprint density at radius 1 is 1.11 bits per heavy atom. The Kier molecular flexibility index (Phi) is 3.10. The normalized spacial score (nSPS) is 11.3. The molecule has 0 bridgehead atoms. The maximum atomic E-state index is 12.1. The van der Waals surface area contributed by atoms with Gasteiger partial charge in [-0.25, -0.2) is 0 Å². The highest BCUT2D eigenvalue weighted by Crippen LogP contribution is 2.33. The summed E-state index contributed by atoms with van der Waals surface area (Å²) in [6, 6.07) is 8.16. The van der Waals surface area contributed by atoms with E-state index in [1.54, 1.807) is 18.2 Å². The molecular weight excluding hydrogens is 247 g/mol. The molecule has 94 valence electrons. The first-order valence-corrected chi connectivity index (χ1v) is 4.96. The van der Waals surface area contributed by atoms with Gasteiger partial charge in [-0.1, -0.05) is 6.07 Å². The summed E-state index contributed by atoms with van der Waals surface area (Å²) >= 11 is 0. The summed E-state index contributed by atoms with van der Waals surface area (Å²) in [5.41, 5.74) is 0.542. The fraction of sp³-hybridized carbons (Fsp3) is 0.0833. The SMILES string of the molecule is Oc1ccc(OC(F)(F)F)cc1-c1ccccn1. The Labute approximate surface area is 100 Å². The van der Waals surface area contributed by atoms with Gasteiger partial charge in [-0.05, 0) is 30.3 Å². The lowest BCUT2D eigenvalue weighted by atomic mass is 10.1. The number of ether oxygens (including phenoxy) is 1. The largest absolute Gasteiger partial charge is 0.573 e. The molecule has 0 saturated heterocycles. The highest BCUT2D eigenvalue weighted by molar-refractivity contribution is 5.68. The van der Waals surface area contributed by atoms with E-state index in [4.69, 9.17) is 0 Å². The van der Waals surface area contributed by atoms with Crippen molar-refractivity contribution in [2.24, 2.45) is 0 Å². The molecule has 18 heavy (non-hydrogen) atoms. The van der Waals surface area contributed by atoms with Crippen LogP contribution in [-0.4, -0.2) is 16.5 Å². The number of pyridine rings is 1. The molecule has 1 aromatic heterocycles. The quantitative estimate of drug-likeness (QED) is 0.894. The Bertz CT molecular complexity index is 541. The fourth-order valence-corrected chi connectivity index (χ4v) is 1.44. The van der Waals surface area contributed by atoms with Crippen LogP contribution in [0.1, 0.15) is 0 Å². The predicted molar refractivity (Wildman–Crippen MR) is 58.0 cm³/mol. The topological polar surface area (TPSA) is 42.4 Å². The lowest BCUT2D eigenvalue weighted by Gasteiger charge is -2.11. The standard InChI is InChI=1S/C12H8F3NO2/c13-12(14,15)18-8-4-5-11(17)9(7-8)10-3-1-2-6-16-10/h1-7,17H.